The standard InChI is InChI=1S/C13H24N2O2/c1-9(2)11(16)14-10-7-12(3,4)15(17)13(5,6)8-10/h10,15H,1,7-8H2,2-6H3,(H,14,16). The Bertz CT molecular complexity index is 316. The van der Waals surface area contributed by atoms with E-state index in [4.69, 9.17) is 0 Å². The number of piperidine rings is 1. The van der Waals surface area contributed by atoms with E-state index >= 15 is 0 Å². The molecular weight excluding hydrogens is 216 g/mol. The van der Waals surface area contributed by atoms with E-state index in [-0.39, 0.29) is 28.1 Å². The predicted molar refractivity (Wildman–Crippen MR) is 68.5 cm³/mol. The molecule has 4 nitrogen and oxygen atoms in total. The molecule has 0 aromatic carbocycles. The molecule has 0 atom stereocenters. The molecule has 0 saturated carbocycles. The molecule has 0 unspecified atom stereocenters. The van der Waals surface area contributed by atoms with Crippen LogP contribution in [0.25, 0.3) is 0 Å². The Kier molecular flexibility index (Phi) is 3.69. The molecule has 1 rings (SSSR count). The van der Waals surface area contributed by atoms with Crippen molar-refractivity contribution in [3.8, 4) is 0 Å². The second-order valence-corrected chi connectivity index (χ2v) is 6.46. The minimum Gasteiger partial charge on any atom is -0.634 e. The lowest BCUT2D eigenvalue weighted by Crippen LogP contribution is -3.23. The van der Waals surface area contributed by atoms with Crippen LogP contribution >= 0.6 is 0 Å². The third-order valence-corrected chi connectivity index (χ3v) is 3.47. The molecule has 98 valence electrons. The van der Waals surface area contributed by atoms with Crippen LogP contribution < -0.4 is 10.4 Å². The molecule has 2 N–H and O–H groups in total. The number of hydrogen-bond donors (Lipinski definition) is 2. The summed E-state index contributed by atoms with van der Waals surface area (Å²) in [4.78, 5) is 11.6. The third-order valence-electron chi connectivity index (χ3n) is 3.47. The third kappa shape index (κ3) is 3.07. The van der Waals surface area contributed by atoms with Gasteiger partial charge in [0.2, 0.25) is 5.91 Å². The van der Waals surface area contributed by atoms with Crippen LogP contribution in [0.3, 0.4) is 0 Å². The van der Waals surface area contributed by atoms with E-state index in [1.54, 1.807) is 6.92 Å². The van der Waals surface area contributed by atoms with Crippen molar-refractivity contribution < 1.29 is 9.86 Å². The summed E-state index contributed by atoms with van der Waals surface area (Å²) in [5.74, 6) is -0.115. The van der Waals surface area contributed by atoms with Crippen LogP contribution in [0.1, 0.15) is 47.5 Å². The Labute approximate surface area is 104 Å². The lowest BCUT2D eigenvalue weighted by Gasteiger charge is -2.54. The molecule has 0 aliphatic carbocycles. The molecule has 1 aliphatic rings. The number of amides is 1. The minimum absolute atomic E-state index is 0.0573. The molecule has 1 amide bonds. The highest BCUT2D eigenvalue weighted by molar-refractivity contribution is 5.92. The van der Waals surface area contributed by atoms with Gasteiger partial charge >= 0.3 is 0 Å². The van der Waals surface area contributed by atoms with Crippen molar-refractivity contribution in [2.24, 2.45) is 0 Å². The maximum absolute atomic E-state index is 12.2. The monoisotopic (exact) mass is 240 g/mol. The highest BCUT2D eigenvalue weighted by Crippen LogP contribution is 2.23. The van der Waals surface area contributed by atoms with Gasteiger partial charge in [-0.25, -0.2) is 0 Å². The van der Waals surface area contributed by atoms with Gasteiger partial charge in [0.25, 0.3) is 0 Å². The summed E-state index contributed by atoms with van der Waals surface area (Å²) in [6.45, 7) is 13.1. The highest BCUT2D eigenvalue weighted by atomic mass is 16.5. The number of quaternary nitrogens is 1. The lowest BCUT2D eigenvalue weighted by atomic mass is 9.79. The first-order valence-electron chi connectivity index (χ1n) is 6.07. The number of hydroxylamine groups is 2. The quantitative estimate of drug-likeness (QED) is 0.553. The van der Waals surface area contributed by atoms with Gasteiger partial charge < -0.3 is 15.6 Å². The van der Waals surface area contributed by atoms with E-state index in [0.717, 1.165) is 0 Å². The maximum atomic E-state index is 12.2. The largest absolute Gasteiger partial charge is 0.634 e. The zero-order chi connectivity index (χ0) is 13.4. The van der Waals surface area contributed by atoms with E-state index in [1.807, 2.05) is 27.7 Å². The molecular formula is C13H24N2O2. The summed E-state index contributed by atoms with van der Waals surface area (Å²) in [6, 6.07) is 0.0573. The van der Waals surface area contributed by atoms with E-state index in [2.05, 4.69) is 11.9 Å². The van der Waals surface area contributed by atoms with E-state index < -0.39 is 0 Å². The first kappa shape index (κ1) is 14.2. The molecule has 0 radical (unpaired) electrons. The van der Waals surface area contributed by atoms with Gasteiger partial charge in [0.05, 0.1) is 11.1 Å². The minimum atomic E-state index is -0.366. The molecule has 1 aliphatic heterocycles. The second kappa shape index (κ2) is 4.42. The van der Waals surface area contributed by atoms with E-state index in [1.165, 1.54) is 0 Å². The fourth-order valence-corrected chi connectivity index (χ4v) is 2.82. The fourth-order valence-electron chi connectivity index (χ4n) is 2.82. The van der Waals surface area contributed by atoms with Crippen molar-refractivity contribution in [1.82, 2.24) is 5.32 Å². The second-order valence-electron chi connectivity index (χ2n) is 6.46. The number of rotatable bonds is 2. The smallest absolute Gasteiger partial charge is 0.246 e. The van der Waals surface area contributed by atoms with Crippen LogP contribution in [0.4, 0.5) is 0 Å². The van der Waals surface area contributed by atoms with Gasteiger partial charge in [-0.2, -0.15) is 0 Å². The van der Waals surface area contributed by atoms with Crippen LogP contribution in [-0.4, -0.2) is 23.0 Å². The summed E-state index contributed by atoms with van der Waals surface area (Å²) in [5, 5.41) is 15.4. The first-order chi connectivity index (χ1) is 7.56. The van der Waals surface area contributed by atoms with Crippen LogP contribution in [0.2, 0.25) is 0 Å². The maximum Gasteiger partial charge on any atom is 0.246 e. The Morgan fingerprint density at radius 1 is 1.29 bits per heavy atom. The van der Waals surface area contributed by atoms with Crippen LogP contribution in [0.5, 0.6) is 0 Å². The Morgan fingerprint density at radius 3 is 2.06 bits per heavy atom. The van der Waals surface area contributed by atoms with Gasteiger partial charge in [-0.1, -0.05) is 6.58 Å². The van der Waals surface area contributed by atoms with Gasteiger partial charge in [-0.15, -0.1) is 0 Å². The average Bonchev–Trinajstić information content (AvgIpc) is 2.12. The van der Waals surface area contributed by atoms with Crippen LogP contribution in [0, 0.1) is 5.21 Å². The van der Waals surface area contributed by atoms with E-state index in [9.17, 15) is 10.0 Å². The summed E-state index contributed by atoms with van der Waals surface area (Å²) in [5.41, 5.74) is -0.221. The van der Waals surface area contributed by atoms with Crippen molar-refractivity contribution in [1.29, 1.82) is 0 Å². The molecule has 4 heteroatoms. The van der Waals surface area contributed by atoms with E-state index in [0.29, 0.717) is 18.4 Å². The lowest BCUT2D eigenvalue weighted by molar-refractivity contribution is -0.955. The molecule has 1 saturated heterocycles. The zero-order valence-corrected chi connectivity index (χ0v) is 11.5. The topological polar surface area (TPSA) is 56.6 Å². The number of nitrogens with one attached hydrogen (secondary N) is 2. The van der Waals surface area contributed by atoms with Gasteiger partial charge in [-0.05, 0) is 34.6 Å². The SMILES string of the molecule is C=C(C)C(=O)NC1CC(C)(C)[NH+]([O-])C(C)(C)C1. The van der Waals surface area contributed by atoms with Crippen molar-refractivity contribution in [3.05, 3.63) is 17.4 Å². The number of carbonyl (C=O) groups excluding carboxylic acids is 1. The van der Waals surface area contributed by atoms with Gasteiger partial charge in [-0.3, -0.25) is 4.79 Å². The van der Waals surface area contributed by atoms with Crippen LogP contribution in [-0.2, 0) is 4.79 Å². The molecule has 0 spiro atoms. The highest BCUT2D eigenvalue weighted by Gasteiger charge is 2.45. The number of carbonyl (C=O) groups is 1. The zero-order valence-electron chi connectivity index (χ0n) is 11.5. The normalized spacial score (nSPS) is 30.7. The molecule has 1 heterocycles. The predicted octanol–water partition coefficient (Wildman–Crippen LogP) is 0.781. The summed E-state index contributed by atoms with van der Waals surface area (Å²) >= 11 is 0. The molecule has 0 aromatic heterocycles. The van der Waals surface area contributed by atoms with Crippen LogP contribution in [0.15, 0.2) is 12.2 Å². The summed E-state index contributed by atoms with van der Waals surface area (Å²) in [6.07, 6.45) is 1.41. The van der Waals surface area contributed by atoms with Crippen molar-refractivity contribution in [2.45, 2.75) is 64.6 Å². The van der Waals surface area contributed by atoms with Crippen molar-refractivity contribution >= 4 is 5.91 Å². The molecule has 1 fully saturated rings. The van der Waals surface area contributed by atoms with Crippen molar-refractivity contribution in [3.63, 3.8) is 0 Å². The van der Waals surface area contributed by atoms with Crippen molar-refractivity contribution in [2.75, 3.05) is 0 Å². The molecule has 0 bridgehead atoms. The molecule has 17 heavy (non-hydrogen) atoms. The summed E-state index contributed by atoms with van der Waals surface area (Å²) in [7, 11) is 0. The first-order valence-corrected chi connectivity index (χ1v) is 6.07. The average molecular weight is 240 g/mol. The molecule has 0 aromatic rings. The summed E-state index contributed by atoms with van der Waals surface area (Å²) < 4.78 is 0. The number of hydrogen-bond acceptors (Lipinski definition) is 2. The fraction of sp³-hybridized carbons (Fsp3) is 0.769. The van der Waals surface area contributed by atoms with Gasteiger partial charge in [0.1, 0.15) is 0 Å². The Hall–Kier alpha value is -0.870. The Morgan fingerprint density at radius 2 is 1.71 bits per heavy atom. The van der Waals surface area contributed by atoms with Gasteiger partial charge in [0, 0.05) is 24.5 Å². The Balaban J connectivity index is 2.78. The van der Waals surface area contributed by atoms with Gasteiger partial charge in [0.15, 0.2) is 0 Å².